The number of hydrogen-bond acceptors (Lipinski definition) is 5. The average molecular weight is 230 g/mol. The highest BCUT2D eigenvalue weighted by atomic mass is 32.2. The summed E-state index contributed by atoms with van der Waals surface area (Å²) in [5.41, 5.74) is -0.465. The zero-order valence-electron chi connectivity index (χ0n) is 9.01. The molecule has 0 aliphatic heterocycles. The highest BCUT2D eigenvalue weighted by Gasteiger charge is 2.27. The molecule has 0 aliphatic carbocycles. The fraction of sp³-hybridized carbons (Fsp3) is 0.625. The molecule has 84 valence electrons. The molecule has 0 unspecified atom stereocenters. The zero-order valence-corrected chi connectivity index (χ0v) is 9.82. The lowest BCUT2D eigenvalue weighted by atomic mass is 10.1. The lowest BCUT2D eigenvalue weighted by Gasteiger charge is -2.19. The summed E-state index contributed by atoms with van der Waals surface area (Å²) in [7, 11) is -3.47. The van der Waals surface area contributed by atoms with E-state index in [1.807, 2.05) is 20.8 Å². The first kappa shape index (κ1) is 11.8. The second-order valence-electron chi connectivity index (χ2n) is 4.11. The molecule has 0 spiro atoms. The van der Waals surface area contributed by atoms with Gasteiger partial charge in [-0.15, -0.1) is 6.58 Å². The molecule has 7 heteroatoms. The van der Waals surface area contributed by atoms with E-state index in [1.165, 1.54) is 10.8 Å². The number of sulfone groups is 1. The zero-order chi connectivity index (χ0) is 11.7. The van der Waals surface area contributed by atoms with Crippen molar-refractivity contribution in [3.05, 3.63) is 12.7 Å². The molecule has 0 amide bonds. The van der Waals surface area contributed by atoms with E-state index in [4.69, 9.17) is 0 Å². The smallest absolute Gasteiger partial charge is 0.220 e. The van der Waals surface area contributed by atoms with E-state index in [-0.39, 0.29) is 10.9 Å². The van der Waals surface area contributed by atoms with Gasteiger partial charge in [-0.05, 0) is 31.2 Å². The van der Waals surface area contributed by atoms with Gasteiger partial charge in [0.2, 0.25) is 9.84 Å². The van der Waals surface area contributed by atoms with Crippen LogP contribution in [0.4, 0.5) is 0 Å². The molecule has 1 rings (SSSR count). The van der Waals surface area contributed by atoms with E-state index in [1.54, 1.807) is 0 Å². The van der Waals surface area contributed by atoms with Crippen LogP contribution >= 0.6 is 0 Å². The van der Waals surface area contributed by atoms with Gasteiger partial charge in [0.25, 0.3) is 5.16 Å². The molecule has 0 radical (unpaired) electrons. The molecular formula is C8H14N4O2S. The maximum absolute atomic E-state index is 11.7. The molecule has 15 heavy (non-hydrogen) atoms. The molecule has 0 N–H and O–H groups in total. The third-order valence-corrected chi connectivity index (χ3v) is 3.18. The number of rotatable bonds is 3. The molecule has 1 heterocycles. The number of hydrogen-bond donors (Lipinski definition) is 0. The molecule has 1 aromatic heterocycles. The molecule has 0 saturated carbocycles. The third-order valence-electron chi connectivity index (χ3n) is 1.69. The van der Waals surface area contributed by atoms with Gasteiger partial charge in [0.15, 0.2) is 0 Å². The molecular weight excluding hydrogens is 216 g/mol. The van der Waals surface area contributed by atoms with Crippen molar-refractivity contribution in [3.63, 3.8) is 0 Å². The van der Waals surface area contributed by atoms with Gasteiger partial charge in [0.05, 0.1) is 11.3 Å². The Hall–Kier alpha value is -1.24. The van der Waals surface area contributed by atoms with Gasteiger partial charge in [-0.3, -0.25) is 0 Å². The van der Waals surface area contributed by atoms with Crippen LogP contribution in [-0.2, 0) is 15.4 Å². The maximum Gasteiger partial charge on any atom is 0.268 e. The van der Waals surface area contributed by atoms with Gasteiger partial charge in [-0.2, -0.15) is 0 Å². The summed E-state index contributed by atoms with van der Waals surface area (Å²) in [4.78, 5) is 0. The van der Waals surface area contributed by atoms with E-state index in [9.17, 15) is 8.42 Å². The second kappa shape index (κ2) is 3.73. The van der Waals surface area contributed by atoms with Crippen molar-refractivity contribution < 1.29 is 8.42 Å². The molecule has 0 fully saturated rings. The molecule has 0 atom stereocenters. The van der Waals surface area contributed by atoms with Crippen LogP contribution in [0.2, 0.25) is 0 Å². The standard InChI is InChI=1S/C8H14N4O2S/c1-5-6-15(13,14)7-9-10-11-12(7)8(2,3)4/h5H,1,6H2,2-4H3. The number of aromatic nitrogens is 4. The van der Waals surface area contributed by atoms with E-state index >= 15 is 0 Å². The summed E-state index contributed by atoms with van der Waals surface area (Å²) < 4.78 is 24.7. The molecule has 0 bridgehead atoms. The van der Waals surface area contributed by atoms with Gasteiger partial charge in [0, 0.05) is 0 Å². The molecule has 1 aromatic rings. The van der Waals surface area contributed by atoms with E-state index in [2.05, 4.69) is 22.1 Å². The summed E-state index contributed by atoms with van der Waals surface area (Å²) in [5.74, 6) is -0.163. The first-order chi connectivity index (χ1) is 6.79. The monoisotopic (exact) mass is 230 g/mol. The van der Waals surface area contributed by atoms with Gasteiger partial charge in [0.1, 0.15) is 0 Å². The van der Waals surface area contributed by atoms with Gasteiger partial charge in [-0.25, -0.2) is 13.1 Å². The Labute approximate surface area is 88.9 Å². The summed E-state index contributed by atoms with van der Waals surface area (Å²) in [6.07, 6.45) is 1.32. The van der Waals surface area contributed by atoms with Gasteiger partial charge in [-0.1, -0.05) is 11.2 Å². The summed E-state index contributed by atoms with van der Waals surface area (Å²) in [6.45, 7) is 8.88. The van der Waals surface area contributed by atoms with Crippen LogP contribution in [0.5, 0.6) is 0 Å². The first-order valence-corrected chi connectivity index (χ1v) is 6.07. The Bertz CT molecular complexity index is 455. The van der Waals surface area contributed by atoms with Crippen molar-refractivity contribution in [2.75, 3.05) is 5.75 Å². The summed E-state index contributed by atoms with van der Waals surface area (Å²) in [5, 5.41) is 10.5. The highest BCUT2D eigenvalue weighted by molar-refractivity contribution is 7.91. The minimum atomic E-state index is -3.47. The van der Waals surface area contributed by atoms with Crippen LogP contribution in [0, 0.1) is 0 Å². The number of tetrazole rings is 1. The average Bonchev–Trinajstić information content (AvgIpc) is 2.49. The van der Waals surface area contributed by atoms with Gasteiger partial charge >= 0.3 is 0 Å². The van der Waals surface area contributed by atoms with Crippen molar-refractivity contribution in [1.29, 1.82) is 0 Å². The quantitative estimate of drug-likeness (QED) is 0.702. The summed E-state index contributed by atoms with van der Waals surface area (Å²) >= 11 is 0. The SMILES string of the molecule is C=CCS(=O)(=O)c1nnnn1C(C)(C)C. The third kappa shape index (κ3) is 2.41. The van der Waals surface area contributed by atoms with Crippen molar-refractivity contribution in [2.24, 2.45) is 0 Å². The lowest BCUT2D eigenvalue weighted by Crippen LogP contribution is -2.27. The minimum Gasteiger partial charge on any atom is -0.220 e. The Morgan fingerprint density at radius 2 is 2.07 bits per heavy atom. The van der Waals surface area contributed by atoms with Gasteiger partial charge < -0.3 is 0 Å². The van der Waals surface area contributed by atoms with Crippen molar-refractivity contribution in [2.45, 2.75) is 31.5 Å². The Morgan fingerprint density at radius 1 is 1.47 bits per heavy atom. The summed E-state index contributed by atoms with van der Waals surface area (Å²) in [6, 6.07) is 0. The van der Waals surface area contributed by atoms with Crippen molar-refractivity contribution in [1.82, 2.24) is 20.2 Å². The molecule has 0 aromatic carbocycles. The predicted molar refractivity (Wildman–Crippen MR) is 55.1 cm³/mol. The fourth-order valence-corrected chi connectivity index (χ4v) is 2.22. The maximum atomic E-state index is 11.7. The van der Waals surface area contributed by atoms with Crippen LogP contribution in [-0.4, -0.2) is 34.4 Å². The molecule has 0 aliphatic rings. The van der Waals surface area contributed by atoms with E-state index in [0.717, 1.165) is 0 Å². The van der Waals surface area contributed by atoms with Crippen LogP contribution in [0.15, 0.2) is 17.8 Å². The van der Waals surface area contributed by atoms with E-state index in [0.29, 0.717) is 0 Å². The molecule has 0 saturated heterocycles. The second-order valence-corrected chi connectivity index (χ2v) is 6.04. The van der Waals surface area contributed by atoms with Crippen molar-refractivity contribution >= 4 is 9.84 Å². The predicted octanol–water partition coefficient (Wildman–Crippen LogP) is 0.388. The normalized spacial score (nSPS) is 12.7. The Kier molecular flexibility index (Phi) is 2.94. The first-order valence-electron chi connectivity index (χ1n) is 4.41. The number of nitrogens with zero attached hydrogens (tertiary/aromatic N) is 4. The Balaban J connectivity index is 3.28. The fourth-order valence-electron chi connectivity index (χ4n) is 1.02. The minimum absolute atomic E-state index is 0.116. The van der Waals surface area contributed by atoms with Crippen LogP contribution < -0.4 is 0 Å². The molecule has 6 nitrogen and oxygen atoms in total. The highest BCUT2D eigenvalue weighted by Crippen LogP contribution is 2.17. The van der Waals surface area contributed by atoms with Crippen molar-refractivity contribution in [3.8, 4) is 0 Å². The topological polar surface area (TPSA) is 77.7 Å². The van der Waals surface area contributed by atoms with Crippen LogP contribution in [0.25, 0.3) is 0 Å². The lowest BCUT2D eigenvalue weighted by molar-refractivity contribution is 0.317. The largest absolute Gasteiger partial charge is 0.268 e. The van der Waals surface area contributed by atoms with Crippen LogP contribution in [0.1, 0.15) is 20.8 Å². The van der Waals surface area contributed by atoms with Crippen LogP contribution in [0.3, 0.4) is 0 Å². The Morgan fingerprint density at radius 3 is 2.53 bits per heavy atom. The van der Waals surface area contributed by atoms with E-state index < -0.39 is 15.4 Å².